The number of carbonyl (C=O) groups excluding carboxylic acids is 1. The summed E-state index contributed by atoms with van der Waals surface area (Å²) in [4.78, 5) is 12.0. The maximum absolute atomic E-state index is 12.0. The molecule has 1 aromatic heterocycles. The standard InChI is InChI=1S/C33H52N4O.ClH/c1-2-3-4-5-6-7-8-9-10-11-12-13-14-15-16-17-18-19-20-21-22-23-25-33(38)35-27-24-28-36-30-31-37(32-36)29-26-34;/h30-32H,2-12,17-25,27-29H2,1H3;1H. The summed E-state index contributed by atoms with van der Waals surface area (Å²) in [6.45, 7) is 4.18. The van der Waals surface area contributed by atoms with Crippen molar-refractivity contribution >= 4 is 5.91 Å². The molecule has 1 heterocycles. The number of nitrogens with zero attached hydrogens (tertiary/aromatic N) is 3. The van der Waals surface area contributed by atoms with Gasteiger partial charge in [0.1, 0.15) is 18.5 Å². The highest BCUT2D eigenvalue weighted by Gasteiger charge is 2.04. The van der Waals surface area contributed by atoms with Gasteiger partial charge in [-0.1, -0.05) is 102 Å². The fourth-order valence-corrected chi connectivity index (χ4v) is 4.44. The summed E-state index contributed by atoms with van der Waals surface area (Å²) in [5.41, 5.74) is 0. The van der Waals surface area contributed by atoms with E-state index in [1.165, 1.54) is 83.5 Å². The van der Waals surface area contributed by atoms with E-state index in [2.05, 4.69) is 42.0 Å². The summed E-state index contributed by atoms with van der Waals surface area (Å²) in [5, 5.41) is 11.7. The maximum Gasteiger partial charge on any atom is 0.244 e. The number of imidazole rings is 1. The van der Waals surface area contributed by atoms with E-state index < -0.39 is 0 Å². The largest absolute Gasteiger partial charge is 1.00 e. The number of hydrogen-bond acceptors (Lipinski definition) is 2. The van der Waals surface area contributed by atoms with Gasteiger partial charge in [-0.15, -0.1) is 0 Å². The Morgan fingerprint density at radius 3 is 1.90 bits per heavy atom. The quantitative estimate of drug-likeness (QED) is 0.124. The van der Waals surface area contributed by atoms with Crippen LogP contribution in [0, 0.1) is 35.0 Å². The predicted octanol–water partition coefficient (Wildman–Crippen LogP) is 4.25. The first-order valence-electron chi connectivity index (χ1n) is 15.4. The molecule has 218 valence electrons. The van der Waals surface area contributed by atoms with Crippen LogP contribution in [0.25, 0.3) is 0 Å². The van der Waals surface area contributed by atoms with Gasteiger partial charge in [0.15, 0.2) is 6.54 Å². The van der Waals surface area contributed by atoms with Crippen LogP contribution in [-0.2, 0) is 17.9 Å². The Hall–Kier alpha value is -2.42. The van der Waals surface area contributed by atoms with E-state index in [9.17, 15) is 4.79 Å². The van der Waals surface area contributed by atoms with Gasteiger partial charge in [0.05, 0.1) is 6.54 Å². The van der Waals surface area contributed by atoms with Gasteiger partial charge in [0.25, 0.3) is 0 Å². The van der Waals surface area contributed by atoms with E-state index in [1.807, 2.05) is 27.9 Å². The topological polar surface area (TPSA) is 61.7 Å². The molecule has 6 heteroatoms. The van der Waals surface area contributed by atoms with Gasteiger partial charge in [-0.05, 0) is 31.1 Å². The van der Waals surface area contributed by atoms with E-state index in [1.54, 1.807) is 0 Å². The Balaban J connectivity index is 0.0000144. The lowest BCUT2D eigenvalue weighted by atomic mass is 10.1. The van der Waals surface area contributed by atoms with Crippen molar-refractivity contribution in [2.24, 2.45) is 0 Å². The molecule has 1 N–H and O–H groups in total. The molecule has 5 nitrogen and oxygen atoms in total. The molecule has 1 amide bonds. The molecule has 1 rings (SSSR count). The minimum atomic E-state index is 0. The van der Waals surface area contributed by atoms with Crippen LogP contribution in [0.2, 0.25) is 0 Å². The molecule has 1 aromatic rings. The van der Waals surface area contributed by atoms with Crippen molar-refractivity contribution in [1.29, 1.82) is 5.26 Å². The highest BCUT2D eigenvalue weighted by Crippen LogP contribution is 2.11. The van der Waals surface area contributed by atoms with Crippen LogP contribution in [0.5, 0.6) is 0 Å². The molecule has 39 heavy (non-hydrogen) atoms. The molecule has 0 fully saturated rings. The van der Waals surface area contributed by atoms with Gasteiger partial charge in [-0.2, -0.15) is 5.26 Å². The van der Waals surface area contributed by atoms with Gasteiger partial charge in [0.2, 0.25) is 12.2 Å². The fourth-order valence-electron chi connectivity index (χ4n) is 4.44. The van der Waals surface area contributed by atoms with Gasteiger partial charge in [-0.25, -0.2) is 9.13 Å². The number of nitrogens with one attached hydrogen (secondary N) is 1. The Kier molecular flexibility index (Phi) is 26.8. The zero-order valence-corrected chi connectivity index (χ0v) is 25.4. The third-order valence-electron chi connectivity index (χ3n) is 6.77. The van der Waals surface area contributed by atoms with Crippen LogP contribution in [-0.4, -0.2) is 17.0 Å². The summed E-state index contributed by atoms with van der Waals surface area (Å²) in [7, 11) is 0. The van der Waals surface area contributed by atoms with E-state index in [-0.39, 0.29) is 18.3 Å². The lowest BCUT2D eigenvalue weighted by Gasteiger charge is -2.04. The normalized spacial score (nSPS) is 9.95. The first-order chi connectivity index (χ1) is 18.8. The summed E-state index contributed by atoms with van der Waals surface area (Å²) in [6, 6.07) is 2.12. The highest BCUT2D eigenvalue weighted by molar-refractivity contribution is 5.75. The van der Waals surface area contributed by atoms with Crippen molar-refractivity contribution in [2.45, 2.75) is 148 Å². The molecular formula is C33H53ClN4O. The Morgan fingerprint density at radius 1 is 0.795 bits per heavy atom. The highest BCUT2D eigenvalue weighted by atomic mass is 35.5. The number of hydrogen-bond donors (Lipinski definition) is 1. The Morgan fingerprint density at radius 2 is 1.33 bits per heavy atom. The van der Waals surface area contributed by atoms with Gasteiger partial charge in [-0.3, -0.25) is 4.79 Å². The van der Waals surface area contributed by atoms with Crippen LogP contribution in [0.3, 0.4) is 0 Å². The molecule has 0 bridgehead atoms. The first kappa shape index (κ1) is 36.6. The lowest BCUT2D eigenvalue weighted by Crippen LogP contribution is -3.00. The number of halogens is 1. The minimum Gasteiger partial charge on any atom is -1.00 e. The average Bonchev–Trinajstić information content (AvgIpc) is 3.37. The van der Waals surface area contributed by atoms with E-state index >= 15 is 0 Å². The minimum absolute atomic E-state index is 0. The molecule has 0 aliphatic heterocycles. The molecule has 0 atom stereocenters. The maximum atomic E-state index is 12.0. The Bertz CT molecular complexity index is 881. The number of aryl methyl sites for hydroxylation is 1. The van der Waals surface area contributed by atoms with Crippen LogP contribution >= 0.6 is 0 Å². The number of unbranched alkanes of at least 4 members (excludes halogenated alkanes) is 16. The van der Waals surface area contributed by atoms with Crippen molar-refractivity contribution in [3.8, 4) is 29.8 Å². The van der Waals surface area contributed by atoms with Crippen LogP contribution < -0.4 is 22.3 Å². The van der Waals surface area contributed by atoms with Crippen LogP contribution in [0.1, 0.15) is 135 Å². The van der Waals surface area contributed by atoms with Crippen molar-refractivity contribution in [3.63, 3.8) is 0 Å². The van der Waals surface area contributed by atoms with Crippen LogP contribution in [0.4, 0.5) is 0 Å². The fraction of sp³-hybridized carbons (Fsp3) is 0.727. The number of rotatable bonds is 23. The van der Waals surface area contributed by atoms with Crippen molar-refractivity contribution < 1.29 is 21.8 Å². The molecule has 0 radical (unpaired) electrons. The third kappa shape index (κ3) is 24.4. The number of carbonyl (C=O) groups is 1. The van der Waals surface area contributed by atoms with Gasteiger partial charge < -0.3 is 17.7 Å². The molecule has 0 aliphatic carbocycles. The zero-order valence-electron chi connectivity index (χ0n) is 24.6. The Labute approximate surface area is 245 Å². The number of nitriles is 1. The molecule has 0 saturated heterocycles. The van der Waals surface area contributed by atoms with Crippen LogP contribution in [0.15, 0.2) is 18.7 Å². The third-order valence-corrected chi connectivity index (χ3v) is 6.77. The van der Waals surface area contributed by atoms with E-state index in [0.29, 0.717) is 19.5 Å². The van der Waals surface area contributed by atoms with E-state index in [4.69, 9.17) is 5.26 Å². The smallest absolute Gasteiger partial charge is 0.244 e. The van der Waals surface area contributed by atoms with E-state index in [0.717, 1.165) is 45.1 Å². The lowest BCUT2D eigenvalue weighted by molar-refractivity contribution is -0.696. The van der Waals surface area contributed by atoms with Gasteiger partial charge >= 0.3 is 0 Å². The molecule has 0 spiro atoms. The first-order valence-corrected chi connectivity index (χ1v) is 15.4. The SMILES string of the molecule is CCCCCCCCCCCCC#CC#CCCCCCCCCC(=O)NCCC[n+]1ccn(CC#N)c1.[Cl-]. The zero-order chi connectivity index (χ0) is 27.4. The molecule has 0 saturated carbocycles. The molecule has 0 aliphatic rings. The summed E-state index contributed by atoms with van der Waals surface area (Å²) >= 11 is 0. The van der Waals surface area contributed by atoms with Crippen molar-refractivity contribution in [1.82, 2.24) is 9.88 Å². The second kappa shape index (κ2) is 28.6. The number of aromatic nitrogens is 2. The van der Waals surface area contributed by atoms with Gasteiger partial charge in [0, 0.05) is 32.2 Å². The summed E-state index contributed by atoms with van der Waals surface area (Å²) in [5.74, 6) is 12.6. The monoisotopic (exact) mass is 556 g/mol. The van der Waals surface area contributed by atoms with Crippen molar-refractivity contribution in [3.05, 3.63) is 18.7 Å². The second-order valence-electron chi connectivity index (χ2n) is 10.3. The summed E-state index contributed by atoms with van der Waals surface area (Å²) in [6.07, 6.45) is 29.7. The molecular weight excluding hydrogens is 504 g/mol. The summed E-state index contributed by atoms with van der Waals surface area (Å²) < 4.78 is 3.89. The molecule has 0 aromatic carbocycles. The predicted molar refractivity (Wildman–Crippen MR) is 157 cm³/mol. The van der Waals surface area contributed by atoms with Crippen molar-refractivity contribution in [2.75, 3.05) is 6.54 Å². The number of amides is 1. The average molecular weight is 557 g/mol. The second-order valence-corrected chi connectivity index (χ2v) is 10.3. The molecule has 0 unspecified atom stereocenters.